The first kappa shape index (κ1) is 17.5. The van der Waals surface area contributed by atoms with E-state index in [-0.39, 0.29) is 5.78 Å². The Kier molecular flexibility index (Phi) is 5.00. The molecule has 0 spiro atoms. The molecule has 1 fully saturated rings. The second-order valence-corrected chi connectivity index (χ2v) is 7.03. The number of ether oxygens (including phenoxy) is 1. The van der Waals surface area contributed by atoms with Gasteiger partial charge in [0.15, 0.2) is 16.9 Å². The molecule has 0 radical (unpaired) electrons. The smallest absolute Gasteiger partial charge is 0.247 e. The molecule has 0 aliphatic heterocycles. The number of fused-ring (bicyclic) bond motifs is 1. The zero-order valence-corrected chi connectivity index (χ0v) is 15.4. The third-order valence-corrected chi connectivity index (χ3v) is 4.98. The number of nitrogens with one attached hydrogen (secondary N) is 2. The maximum atomic E-state index is 11.4. The zero-order valence-electron chi connectivity index (χ0n) is 15.4. The Labute approximate surface area is 157 Å². The first-order valence-corrected chi connectivity index (χ1v) is 9.41. The molecule has 1 saturated carbocycles. The van der Waals surface area contributed by atoms with Crippen LogP contribution in [0.4, 0.5) is 11.6 Å². The molecule has 1 aromatic carbocycles. The normalized spacial score (nSPS) is 15.0. The largest absolute Gasteiger partial charge is 0.476 e. The number of H-pyrrole nitrogens is 1. The molecule has 4 rings (SSSR count). The van der Waals surface area contributed by atoms with Gasteiger partial charge in [-0.25, -0.2) is 4.98 Å². The second kappa shape index (κ2) is 7.73. The van der Waals surface area contributed by atoms with E-state index < -0.39 is 0 Å². The van der Waals surface area contributed by atoms with Gasteiger partial charge in [0, 0.05) is 11.3 Å². The van der Waals surface area contributed by atoms with E-state index in [0.717, 1.165) is 5.69 Å². The van der Waals surface area contributed by atoms with E-state index in [1.54, 1.807) is 25.4 Å². The van der Waals surface area contributed by atoms with Crippen molar-refractivity contribution in [2.45, 2.75) is 39.0 Å². The van der Waals surface area contributed by atoms with Crippen molar-refractivity contribution in [3.8, 4) is 5.88 Å². The highest BCUT2D eigenvalue weighted by Gasteiger charge is 2.17. The van der Waals surface area contributed by atoms with Crippen molar-refractivity contribution in [3.63, 3.8) is 0 Å². The van der Waals surface area contributed by atoms with Gasteiger partial charge in [0.2, 0.25) is 11.8 Å². The van der Waals surface area contributed by atoms with E-state index in [1.807, 2.05) is 12.1 Å². The van der Waals surface area contributed by atoms with Crippen molar-refractivity contribution in [1.82, 2.24) is 19.9 Å². The molecule has 140 valence electrons. The van der Waals surface area contributed by atoms with E-state index in [1.165, 1.54) is 32.1 Å². The molecule has 7 nitrogen and oxygen atoms in total. The molecule has 2 aromatic heterocycles. The van der Waals surface area contributed by atoms with Gasteiger partial charge in [-0.3, -0.25) is 4.79 Å². The van der Waals surface area contributed by atoms with Crippen LogP contribution in [-0.2, 0) is 0 Å². The number of benzene rings is 1. The number of hydrogen-bond donors (Lipinski definition) is 2. The summed E-state index contributed by atoms with van der Waals surface area (Å²) in [5, 5.41) is 3.17. The minimum Gasteiger partial charge on any atom is -0.476 e. The quantitative estimate of drug-likeness (QED) is 0.634. The van der Waals surface area contributed by atoms with Crippen molar-refractivity contribution in [1.29, 1.82) is 0 Å². The minimum atomic E-state index is 0.0371. The third-order valence-electron chi connectivity index (χ3n) is 4.98. The molecule has 0 amide bonds. The molecular formula is C20H23N5O2. The van der Waals surface area contributed by atoms with Crippen LogP contribution in [0.1, 0.15) is 49.4 Å². The summed E-state index contributed by atoms with van der Waals surface area (Å²) in [7, 11) is 0. The standard InChI is InChI=1S/C20H23N5O2/c1-13(26)15-7-9-16(10-8-15)23-20-24-18-17(21-12-22-18)19(25-20)27-11-14-5-3-2-4-6-14/h7-10,12,14H,2-6,11H2,1H3,(H2,21,22,23,24,25). The summed E-state index contributed by atoms with van der Waals surface area (Å²) >= 11 is 0. The Morgan fingerprint density at radius 3 is 2.70 bits per heavy atom. The maximum Gasteiger partial charge on any atom is 0.247 e. The van der Waals surface area contributed by atoms with Crippen LogP contribution in [-0.4, -0.2) is 32.3 Å². The van der Waals surface area contributed by atoms with Crippen LogP contribution in [0.2, 0.25) is 0 Å². The predicted molar refractivity (Wildman–Crippen MR) is 103 cm³/mol. The summed E-state index contributed by atoms with van der Waals surface area (Å²) in [6.45, 7) is 2.21. The molecule has 0 bridgehead atoms. The average molecular weight is 365 g/mol. The molecule has 2 heterocycles. The number of carbonyl (C=O) groups is 1. The van der Waals surface area contributed by atoms with Crippen LogP contribution < -0.4 is 10.1 Å². The number of nitrogens with zero attached hydrogens (tertiary/aromatic N) is 3. The van der Waals surface area contributed by atoms with Gasteiger partial charge in [-0.2, -0.15) is 9.97 Å². The number of ketones is 1. The minimum absolute atomic E-state index is 0.0371. The number of carbonyl (C=O) groups excluding carboxylic acids is 1. The lowest BCUT2D eigenvalue weighted by molar-refractivity contribution is 0.101. The van der Waals surface area contributed by atoms with Gasteiger partial charge in [-0.15, -0.1) is 0 Å². The van der Waals surface area contributed by atoms with Crippen molar-refractivity contribution in [3.05, 3.63) is 36.2 Å². The highest BCUT2D eigenvalue weighted by molar-refractivity contribution is 5.94. The van der Waals surface area contributed by atoms with Crippen LogP contribution in [0.25, 0.3) is 11.2 Å². The number of aromatic nitrogens is 4. The lowest BCUT2D eigenvalue weighted by atomic mass is 9.90. The van der Waals surface area contributed by atoms with Crippen molar-refractivity contribution in [2.75, 3.05) is 11.9 Å². The molecule has 1 aliphatic rings. The number of hydrogen-bond acceptors (Lipinski definition) is 6. The van der Waals surface area contributed by atoms with Gasteiger partial charge < -0.3 is 15.0 Å². The van der Waals surface area contributed by atoms with Gasteiger partial charge in [-0.05, 0) is 49.9 Å². The number of anilines is 2. The highest BCUT2D eigenvalue weighted by atomic mass is 16.5. The van der Waals surface area contributed by atoms with Crippen LogP contribution in [0.15, 0.2) is 30.6 Å². The Bertz CT molecular complexity index is 929. The van der Waals surface area contributed by atoms with E-state index in [9.17, 15) is 4.79 Å². The fourth-order valence-corrected chi connectivity index (χ4v) is 3.43. The molecule has 2 N–H and O–H groups in total. The number of imidazole rings is 1. The fraction of sp³-hybridized carbons (Fsp3) is 0.400. The van der Waals surface area contributed by atoms with Gasteiger partial charge in [0.05, 0.1) is 12.9 Å². The lowest BCUT2D eigenvalue weighted by Crippen LogP contribution is -2.16. The van der Waals surface area contributed by atoms with Crippen molar-refractivity contribution >= 4 is 28.6 Å². The molecule has 3 aromatic rings. The van der Waals surface area contributed by atoms with Crippen molar-refractivity contribution < 1.29 is 9.53 Å². The van der Waals surface area contributed by atoms with Gasteiger partial charge in [0.25, 0.3) is 0 Å². The second-order valence-electron chi connectivity index (χ2n) is 7.03. The summed E-state index contributed by atoms with van der Waals surface area (Å²) in [6.07, 6.45) is 7.89. The Hall–Kier alpha value is -2.96. The summed E-state index contributed by atoms with van der Waals surface area (Å²) in [5.74, 6) is 1.55. The fourth-order valence-electron chi connectivity index (χ4n) is 3.43. The van der Waals surface area contributed by atoms with E-state index >= 15 is 0 Å². The molecular weight excluding hydrogens is 342 g/mol. The van der Waals surface area contributed by atoms with E-state index in [2.05, 4.69) is 25.3 Å². The van der Waals surface area contributed by atoms with E-state index in [4.69, 9.17) is 4.74 Å². The monoisotopic (exact) mass is 365 g/mol. The predicted octanol–water partition coefficient (Wildman–Crippen LogP) is 4.26. The number of aromatic amines is 1. The number of rotatable bonds is 6. The topological polar surface area (TPSA) is 92.8 Å². The van der Waals surface area contributed by atoms with Crippen LogP contribution in [0.3, 0.4) is 0 Å². The summed E-state index contributed by atoms with van der Waals surface area (Å²) in [4.78, 5) is 27.7. The Balaban J connectivity index is 1.53. The lowest BCUT2D eigenvalue weighted by Gasteiger charge is -2.21. The number of Topliss-reactive ketones (excluding diaryl/α,β-unsaturated/α-hetero) is 1. The average Bonchev–Trinajstić information content (AvgIpc) is 3.16. The third kappa shape index (κ3) is 4.07. The SMILES string of the molecule is CC(=O)c1ccc(Nc2nc(OCC3CCCCC3)c3nc[nH]c3n2)cc1. The van der Waals surface area contributed by atoms with Gasteiger partial charge >= 0.3 is 0 Å². The first-order valence-electron chi connectivity index (χ1n) is 9.41. The van der Waals surface area contributed by atoms with Gasteiger partial charge in [0.1, 0.15) is 0 Å². The Morgan fingerprint density at radius 1 is 1.19 bits per heavy atom. The molecule has 0 atom stereocenters. The molecule has 27 heavy (non-hydrogen) atoms. The Morgan fingerprint density at radius 2 is 1.96 bits per heavy atom. The van der Waals surface area contributed by atoms with Crippen molar-refractivity contribution in [2.24, 2.45) is 5.92 Å². The highest BCUT2D eigenvalue weighted by Crippen LogP contribution is 2.27. The van der Waals surface area contributed by atoms with Crippen LogP contribution >= 0.6 is 0 Å². The molecule has 7 heteroatoms. The molecule has 0 saturated heterocycles. The summed E-state index contributed by atoms with van der Waals surface area (Å²) in [6, 6.07) is 7.22. The maximum absolute atomic E-state index is 11.4. The molecule has 1 aliphatic carbocycles. The van der Waals surface area contributed by atoms with E-state index in [0.29, 0.717) is 41.1 Å². The van der Waals surface area contributed by atoms with Crippen LogP contribution in [0, 0.1) is 5.92 Å². The summed E-state index contributed by atoms with van der Waals surface area (Å²) in [5.41, 5.74) is 2.74. The summed E-state index contributed by atoms with van der Waals surface area (Å²) < 4.78 is 6.03. The zero-order chi connectivity index (χ0) is 18.6. The van der Waals surface area contributed by atoms with Gasteiger partial charge in [-0.1, -0.05) is 19.3 Å². The van der Waals surface area contributed by atoms with Crippen LogP contribution in [0.5, 0.6) is 5.88 Å². The molecule has 0 unspecified atom stereocenters. The first-order chi connectivity index (χ1) is 13.2.